The minimum Gasteiger partial charge on any atom is -0.493 e. The Bertz CT molecular complexity index is 4130. The van der Waals surface area contributed by atoms with Crippen molar-refractivity contribution in [2.75, 3.05) is 13.2 Å². The fourth-order valence-electron chi connectivity index (χ4n) is 11.8. The third-order valence-electron chi connectivity index (χ3n) is 15.5. The van der Waals surface area contributed by atoms with Crippen molar-refractivity contribution in [2.24, 2.45) is 14.1 Å². The number of benzene rings is 11. The molecule has 7 nitrogen and oxygen atoms in total. The highest BCUT2D eigenvalue weighted by atomic mass is 16.5. The van der Waals surface area contributed by atoms with E-state index in [1.54, 1.807) is 0 Å². The number of rotatable bonds is 15. The van der Waals surface area contributed by atoms with Crippen molar-refractivity contribution in [3.8, 4) is 45.7 Å². The third kappa shape index (κ3) is 7.61. The lowest BCUT2D eigenvalue weighted by Gasteiger charge is -2.15. The smallest absolute Gasteiger partial charge is 0.159 e. The van der Waals surface area contributed by atoms with Crippen LogP contribution < -0.4 is 9.47 Å². The van der Waals surface area contributed by atoms with Crippen LogP contribution >= 0.6 is 0 Å². The number of hydrogen-bond donors (Lipinski definition) is 0. The standard InChI is InChI=1S/C67H53N5O2/c1-71-60-21-5-3-19-56(60)69-66(71)58-39-51(40-59(68-58)67-70-57-20-4-6-22-61(57)72(67)2)50-37-52(73-35-9-7-13-42-23-25-48-29-27-44-15-11-17-46-31-33-54(42)64(48)62(44)46)41-53(38-50)74-36-10-8-14-43-24-26-49-30-28-45-16-12-18-47-32-34-55(43)65(49)63(45)47/h3-6,11-12,15-34,37-41H,7-10,13-14,35-36H2,1-2H3. The largest absolute Gasteiger partial charge is 0.493 e. The molecule has 0 bridgehead atoms. The maximum Gasteiger partial charge on any atom is 0.159 e. The monoisotopic (exact) mass is 959 g/mol. The highest BCUT2D eigenvalue weighted by Crippen LogP contribution is 2.40. The van der Waals surface area contributed by atoms with Crippen LogP contribution in [0.25, 0.3) is 121 Å². The first kappa shape index (κ1) is 43.9. The van der Waals surface area contributed by atoms with Crippen LogP contribution in [-0.2, 0) is 26.9 Å². The van der Waals surface area contributed by atoms with E-state index in [9.17, 15) is 0 Å². The van der Waals surface area contributed by atoms with Crippen molar-refractivity contribution < 1.29 is 9.47 Å². The molecule has 0 aliphatic carbocycles. The van der Waals surface area contributed by atoms with E-state index in [1.807, 2.05) is 12.1 Å². The van der Waals surface area contributed by atoms with Gasteiger partial charge in [-0.2, -0.15) is 0 Å². The molecule has 3 heterocycles. The van der Waals surface area contributed by atoms with Gasteiger partial charge in [-0.3, -0.25) is 0 Å². The second kappa shape index (κ2) is 18.0. The molecule has 0 amide bonds. The second-order valence-corrected chi connectivity index (χ2v) is 20.1. The average molecular weight is 960 g/mol. The summed E-state index contributed by atoms with van der Waals surface area (Å²) in [6.07, 6.45) is 5.79. The molecule has 0 fully saturated rings. The molecule has 0 atom stereocenters. The topological polar surface area (TPSA) is 67.0 Å². The quantitative estimate of drug-likeness (QED) is 0.0756. The lowest BCUT2D eigenvalue weighted by atomic mass is 9.91. The Labute approximate surface area is 429 Å². The zero-order valence-corrected chi connectivity index (χ0v) is 41.6. The molecule has 0 saturated heterocycles. The normalized spacial score (nSPS) is 12.1. The molecule has 14 aromatic rings. The Morgan fingerprint density at radius 3 is 1.23 bits per heavy atom. The van der Waals surface area contributed by atoms with Gasteiger partial charge in [-0.25, -0.2) is 15.0 Å². The summed E-state index contributed by atoms with van der Waals surface area (Å²) in [4.78, 5) is 15.5. The second-order valence-electron chi connectivity index (χ2n) is 20.1. The Balaban J connectivity index is 0.763. The van der Waals surface area contributed by atoms with Crippen molar-refractivity contribution in [2.45, 2.75) is 38.5 Å². The molecule has 0 N–H and O–H groups in total. The molecule has 7 heteroatoms. The summed E-state index contributed by atoms with van der Waals surface area (Å²) in [5.74, 6) is 3.12. The SMILES string of the molecule is Cn1c(-c2cc(-c3cc(OCCCCc4ccc5ccc6cccc7ccc4c5c67)cc(OCCCCc4ccc5ccc6cccc7ccc4c5c67)c3)cc(-c3nc4ccccc4n3C)n2)nc2ccccc21. The van der Waals surface area contributed by atoms with Gasteiger partial charge in [0.1, 0.15) is 22.9 Å². The van der Waals surface area contributed by atoms with Gasteiger partial charge in [0.2, 0.25) is 0 Å². The molecule has 11 aromatic carbocycles. The van der Waals surface area contributed by atoms with E-state index in [0.29, 0.717) is 13.2 Å². The summed E-state index contributed by atoms with van der Waals surface area (Å²) in [6.45, 7) is 1.17. The first-order chi connectivity index (χ1) is 36.5. The molecule has 14 rings (SSSR count). The van der Waals surface area contributed by atoms with E-state index < -0.39 is 0 Å². The molecule has 74 heavy (non-hydrogen) atoms. The molecule has 0 aliphatic rings. The maximum atomic E-state index is 6.72. The predicted molar refractivity (Wildman–Crippen MR) is 306 cm³/mol. The summed E-state index contributed by atoms with van der Waals surface area (Å²) < 4.78 is 17.7. The van der Waals surface area contributed by atoms with Crippen LogP contribution in [0.4, 0.5) is 0 Å². The fourth-order valence-corrected chi connectivity index (χ4v) is 11.8. The number of ether oxygens (including phenoxy) is 2. The number of nitrogens with zero attached hydrogens (tertiary/aromatic N) is 5. The first-order valence-corrected chi connectivity index (χ1v) is 26.1. The van der Waals surface area contributed by atoms with Crippen LogP contribution in [0, 0.1) is 0 Å². The lowest BCUT2D eigenvalue weighted by molar-refractivity contribution is 0.292. The summed E-state index contributed by atoms with van der Waals surface area (Å²) in [7, 11) is 4.12. The summed E-state index contributed by atoms with van der Waals surface area (Å²) >= 11 is 0. The van der Waals surface area contributed by atoms with Crippen molar-refractivity contribution in [3.05, 3.63) is 199 Å². The maximum absolute atomic E-state index is 6.72. The van der Waals surface area contributed by atoms with Gasteiger partial charge >= 0.3 is 0 Å². The Hall–Kier alpha value is -8.81. The summed E-state index contributed by atoms with van der Waals surface area (Å²) in [6, 6.07) is 67.8. The molecule has 3 aromatic heterocycles. The Kier molecular flexibility index (Phi) is 10.7. The van der Waals surface area contributed by atoms with Gasteiger partial charge in [0.15, 0.2) is 11.6 Å². The molecule has 0 aliphatic heterocycles. The van der Waals surface area contributed by atoms with Gasteiger partial charge in [0.25, 0.3) is 0 Å². The minimum atomic E-state index is 0.584. The van der Waals surface area contributed by atoms with Gasteiger partial charge in [0, 0.05) is 20.2 Å². The lowest BCUT2D eigenvalue weighted by Crippen LogP contribution is -2.02. The number of aromatic nitrogens is 5. The van der Waals surface area contributed by atoms with Gasteiger partial charge in [-0.15, -0.1) is 0 Å². The van der Waals surface area contributed by atoms with E-state index in [-0.39, 0.29) is 0 Å². The Morgan fingerprint density at radius 2 is 0.770 bits per heavy atom. The van der Waals surface area contributed by atoms with E-state index >= 15 is 0 Å². The zero-order valence-electron chi connectivity index (χ0n) is 41.6. The van der Waals surface area contributed by atoms with Crippen molar-refractivity contribution in [3.63, 3.8) is 0 Å². The van der Waals surface area contributed by atoms with E-state index in [0.717, 1.165) is 106 Å². The third-order valence-corrected chi connectivity index (χ3v) is 15.5. The molecule has 0 unspecified atom stereocenters. The van der Waals surface area contributed by atoms with Gasteiger partial charge < -0.3 is 18.6 Å². The van der Waals surface area contributed by atoms with Crippen LogP contribution in [0.2, 0.25) is 0 Å². The molecule has 358 valence electrons. The van der Waals surface area contributed by atoms with Gasteiger partial charge in [-0.05, 0) is 174 Å². The highest BCUT2D eigenvalue weighted by molar-refractivity contribution is 6.24. The van der Waals surface area contributed by atoms with Gasteiger partial charge in [-0.1, -0.05) is 133 Å². The molecular weight excluding hydrogens is 907 g/mol. The number of fused-ring (bicyclic) bond motifs is 2. The average Bonchev–Trinajstić information content (AvgIpc) is 3.97. The highest BCUT2D eigenvalue weighted by Gasteiger charge is 2.20. The molecule has 0 radical (unpaired) electrons. The number of pyridine rings is 1. The molecule has 0 saturated carbocycles. The number of aryl methyl sites for hydroxylation is 4. The minimum absolute atomic E-state index is 0.584. The summed E-state index contributed by atoms with van der Waals surface area (Å²) in [5, 5.41) is 16.0. The fraction of sp³-hybridized carbons (Fsp3) is 0.149. The number of para-hydroxylation sites is 4. The number of imidazole rings is 2. The van der Waals surface area contributed by atoms with Crippen LogP contribution in [0.15, 0.2) is 188 Å². The predicted octanol–water partition coefficient (Wildman–Crippen LogP) is 16.5. The number of hydrogen-bond acceptors (Lipinski definition) is 5. The van der Waals surface area contributed by atoms with E-state index in [4.69, 9.17) is 24.4 Å². The molecule has 0 spiro atoms. The van der Waals surface area contributed by atoms with Crippen LogP contribution in [0.1, 0.15) is 36.8 Å². The first-order valence-electron chi connectivity index (χ1n) is 26.1. The van der Waals surface area contributed by atoms with Crippen LogP contribution in [0.5, 0.6) is 11.5 Å². The van der Waals surface area contributed by atoms with E-state index in [2.05, 4.69) is 199 Å². The molecular formula is C67H53N5O2. The van der Waals surface area contributed by atoms with Gasteiger partial charge in [0.05, 0.1) is 35.3 Å². The van der Waals surface area contributed by atoms with Crippen molar-refractivity contribution in [1.29, 1.82) is 0 Å². The van der Waals surface area contributed by atoms with E-state index in [1.165, 1.54) is 75.8 Å². The van der Waals surface area contributed by atoms with Crippen molar-refractivity contribution in [1.82, 2.24) is 24.1 Å². The Morgan fingerprint density at radius 1 is 0.365 bits per heavy atom. The zero-order chi connectivity index (χ0) is 49.3. The summed E-state index contributed by atoms with van der Waals surface area (Å²) in [5.41, 5.74) is 10.2. The number of unbranched alkanes of at least 4 members (excludes halogenated alkanes) is 2. The van der Waals surface area contributed by atoms with Crippen molar-refractivity contribution >= 4 is 86.7 Å². The van der Waals surface area contributed by atoms with Crippen LogP contribution in [-0.4, -0.2) is 37.3 Å². The van der Waals surface area contributed by atoms with Crippen LogP contribution in [0.3, 0.4) is 0 Å².